The number of fused-ring (bicyclic) bond motifs is 1. The first kappa shape index (κ1) is 22.2. The number of aliphatic hydroxyl groups is 1. The summed E-state index contributed by atoms with van der Waals surface area (Å²) in [5.41, 5.74) is 0.935. The van der Waals surface area contributed by atoms with Crippen LogP contribution >= 0.6 is 15.9 Å². The van der Waals surface area contributed by atoms with Gasteiger partial charge in [-0.1, -0.05) is 25.1 Å². The summed E-state index contributed by atoms with van der Waals surface area (Å²) in [6.07, 6.45) is 1.20. The van der Waals surface area contributed by atoms with Crippen molar-refractivity contribution in [1.82, 2.24) is 14.8 Å². The molecule has 0 unspecified atom stereocenters. The molecule has 7 nitrogen and oxygen atoms in total. The van der Waals surface area contributed by atoms with Crippen LogP contribution in [0, 0.1) is 5.92 Å². The van der Waals surface area contributed by atoms with E-state index >= 15 is 0 Å². The Kier molecular flexibility index (Phi) is 7.10. The van der Waals surface area contributed by atoms with Gasteiger partial charge in [-0.05, 0) is 41.1 Å². The zero-order chi connectivity index (χ0) is 21.8. The number of aromatic nitrogens is 1. The van der Waals surface area contributed by atoms with Crippen LogP contribution in [0.4, 0.5) is 0 Å². The molecule has 1 aliphatic heterocycles. The fourth-order valence-corrected chi connectivity index (χ4v) is 3.78. The lowest BCUT2D eigenvalue weighted by molar-refractivity contribution is 0.0313. The molecule has 8 heteroatoms. The molecule has 0 saturated heterocycles. The highest BCUT2D eigenvalue weighted by molar-refractivity contribution is 9.10. The van der Waals surface area contributed by atoms with Crippen molar-refractivity contribution in [1.29, 1.82) is 0 Å². The minimum Gasteiger partial charge on any atom is -0.472 e. The van der Waals surface area contributed by atoms with Crippen molar-refractivity contribution < 1.29 is 19.4 Å². The van der Waals surface area contributed by atoms with Gasteiger partial charge in [-0.15, -0.1) is 0 Å². The van der Waals surface area contributed by atoms with Crippen LogP contribution in [0.2, 0.25) is 0 Å². The zero-order valence-corrected chi connectivity index (χ0v) is 18.9. The maximum absolute atomic E-state index is 13.1. The number of halogens is 1. The van der Waals surface area contributed by atoms with Crippen molar-refractivity contribution in [2.75, 3.05) is 26.7 Å². The Balaban J connectivity index is 1.90. The van der Waals surface area contributed by atoms with E-state index in [2.05, 4.69) is 20.9 Å². The lowest BCUT2D eigenvalue weighted by atomic mass is 10.00. The van der Waals surface area contributed by atoms with Crippen molar-refractivity contribution in [3.8, 4) is 5.88 Å². The zero-order valence-electron chi connectivity index (χ0n) is 17.3. The molecule has 2 amide bonds. The second-order valence-electron chi connectivity index (χ2n) is 7.68. The molecule has 1 aromatic heterocycles. The van der Waals surface area contributed by atoms with Crippen LogP contribution in [0.15, 0.2) is 47.1 Å². The summed E-state index contributed by atoms with van der Waals surface area (Å²) in [6.45, 7) is 4.36. The van der Waals surface area contributed by atoms with Gasteiger partial charge in [0.1, 0.15) is 11.7 Å². The molecule has 2 heterocycles. The summed E-state index contributed by atoms with van der Waals surface area (Å²) in [6, 6.07) is 10.4. The number of likely N-dealkylation sites (N-methyl/N-ethyl adjacent to an activating group) is 1. The van der Waals surface area contributed by atoms with Crippen molar-refractivity contribution in [2.24, 2.45) is 5.92 Å². The Labute approximate surface area is 184 Å². The minimum absolute atomic E-state index is 0.0902. The number of carbonyl (C=O) groups excluding carboxylic acids is 2. The number of hydrogen-bond donors (Lipinski definition) is 1. The van der Waals surface area contributed by atoms with Crippen molar-refractivity contribution >= 4 is 27.7 Å². The second kappa shape index (κ2) is 9.57. The molecule has 0 fully saturated rings. The monoisotopic (exact) mass is 475 g/mol. The van der Waals surface area contributed by atoms with Gasteiger partial charge in [0.25, 0.3) is 11.8 Å². The molecule has 0 aliphatic carbocycles. The summed E-state index contributed by atoms with van der Waals surface area (Å²) < 4.78 is 6.82. The summed E-state index contributed by atoms with van der Waals surface area (Å²) in [4.78, 5) is 33.5. The van der Waals surface area contributed by atoms with E-state index in [1.807, 2.05) is 25.1 Å². The normalized spacial score (nSPS) is 19.9. The molecule has 3 rings (SSSR count). The standard InChI is InChI=1S/C22H26BrN3O4/c1-14-11-26(15(2)13-27)22(29)18-9-17(23)10-24-20(18)30-19(14)12-25(3)21(28)16-7-5-4-6-8-16/h4-10,14-15,19,27H,11-13H2,1-3H3/t14-,15+,19+/m0/s1. The smallest absolute Gasteiger partial charge is 0.259 e. The highest BCUT2D eigenvalue weighted by atomic mass is 79.9. The molecule has 0 bridgehead atoms. The molecule has 1 N–H and O–H groups in total. The molecule has 2 aromatic rings. The Morgan fingerprint density at radius 2 is 2.10 bits per heavy atom. The van der Waals surface area contributed by atoms with Crippen LogP contribution < -0.4 is 4.74 Å². The molecule has 0 radical (unpaired) electrons. The topological polar surface area (TPSA) is 83.0 Å². The molecular formula is C22H26BrN3O4. The third kappa shape index (κ3) is 4.82. The van der Waals surface area contributed by atoms with Gasteiger partial charge in [0.05, 0.1) is 19.2 Å². The predicted molar refractivity (Wildman–Crippen MR) is 117 cm³/mol. The van der Waals surface area contributed by atoms with Crippen LogP contribution in [-0.4, -0.2) is 70.6 Å². The van der Waals surface area contributed by atoms with Gasteiger partial charge in [-0.25, -0.2) is 4.98 Å². The number of hydrogen-bond acceptors (Lipinski definition) is 5. The van der Waals surface area contributed by atoms with Crippen LogP contribution in [-0.2, 0) is 0 Å². The average Bonchev–Trinajstić information content (AvgIpc) is 2.76. The molecule has 30 heavy (non-hydrogen) atoms. The number of benzene rings is 1. The van der Waals surface area contributed by atoms with E-state index in [1.54, 1.807) is 48.2 Å². The SMILES string of the molecule is C[C@H](CO)N1C[C@H](C)[C@@H](CN(C)C(=O)c2ccccc2)Oc2ncc(Br)cc2C1=O. The first-order valence-corrected chi connectivity index (χ1v) is 10.7. The van der Waals surface area contributed by atoms with Gasteiger partial charge in [0, 0.05) is 35.7 Å². The van der Waals surface area contributed by atoms with Gasteiger partial charge < -0.3 is 19.6 Å². The molecule has 160 valence electrons. The van der Waals surface area contributed by atoms with E-state index in [0.717, 1.165) is 0 Å². The second-order valence-corrected chi connectivity index (χ2v) is 8.60. The maximum Gasteiger partial charge on any atom is 0.259 e. The highest BCUT2D eigenvalue weighted by Gasteiger charge is 2.34. The molecule has 0 spiro atoms. The number of aliphatic hydroxyl groups excluding tert-OH is 1. The Morgan fingerprint density at radius 1 is 1.40 bits per heavy atom. The van der Waals surface area contributed by atoms with E-state index in [-0.39, 0.29) is 42.4 Å². The van der Waals surface area contributed by atoms with Gasteiger partial charge in [0.15, 0.2) is 0 Å². The fraction of sp³-hybridized carbons (Fsp3) is 0.409. The number of nitrogens with zero attached hydrogens (tertiary/aromatic N) is 3. The Bertz CT molecular complexity index is 909. The molecule has 0 saturated carbocycles. The Morgan fingerprint density at radius 3 is 2.77 bits per heavy atom. The van der Waals surface area contributed by atoms with Crippen LogP contribution in [0.3, 0.4) is 0 Å². The minimum atomic E-state index is -0.378. The van der Waals surface area contributed by atoms with Crippen LogP contribution in [0.25, 0.3) is 0 Å². The van der Waals surface area contributed by atoms with Crippen LogP contribution in [0.5, 0.6) is 5.88 Å². The predicted octanol–water partition coefficient (Wildman–Crippen LogP) is 2.84. The average molecular weight is 476 g/mol. The number of pyridine rings is 1. The van der Waals surface area contributed by atoms with Crippen LogP contribution in [0.1, 0.15) is 34.6 Å². The summed E-state index contributed by atoms with van der Waals surface area (Å²) in [5, 5.41) is 9.66. The van der Waals surface area contributed by atoms with E-state index in [1.165, 1.54) is 0 Å². The van der Waals surface area contributed by atoms with E-state index in [0.29, 0.717) is 28.7 Å². The first-order valence-electron chi connectivity index (χ1n) is 9.86. The molecule has 3 atom stereocenters. The van der Waals surface area contributed by atoms with Crippen molar-refractivity contribution in [3.63, 3.8) is 0 Å². The van der Waals surface area contributed by atoms with Gasteiger partial charge in [0.2, 0.25) is 5.88 Å². The lowest BCUT2D eigenvalue weighted by Gasteiger charge is -2.37. The number of rotatable bonds is 5. The molecule has 1 aliphatic rings. The van der Waals surface area contributed by atoms with E-state index in [4.69, 9.17) is 4.74 Å². The summed E-state index contributed by atoms with van der Waals surface area (Å²) in [7, 11) is 1.74. The van der Waals surface area contributed by atoms with Gasteiger partial charge in [-0.3, -0.25) is 9.59 Å². The maximum atomic E-state index is 13.1. The number of ether oxygens (including phenoxy) is 1. The van der Waals surface area contributed by atoms with Gasteiger partial charge >= 0.3 is 0 Å². The summed E-state index contributed by atoms with van der Waals surface area (Å²) >= 11 is 3.36. The third-order valence-electron chi connectivity index (χ3n) is 5.31. The molecular weight excluding hydrogens is 450 g/mol. The first-order chi connectivity index (χ1) is 14.3. The number of amides is 2. The van der Waals surface area contributed by atoms with E-state index in [9.17, 15) is 14.7 Å². The van der Waals surface area contributed by atoms with Gasteiger partial charge in [-0.2, -0.15) is 0 Å². The number of carbonyl (C=O) groups is 2. The highest BCUT2D eigenvalue weighted by Crippen LogP contribution is 2.28. The largest absolute Gasteiger partial charge is 0.472 e. The lowest BCUT2D eigenvalue weighted by Crippen LogP contribution is -2.50. The van der Waals surface area contributed by atoms with Crippen molar-refractivity contribution in [2.45, 2.75) is 26.0 Å². The fourth-order valence-electron chi connectivity index (χ4n) is 3.45. The summed E-state index contributed by atoms with van der Waals surface area (Å²) in [5.74, 6) is -0.198. The van der Waals surface area contributed by atoms with Crippen molar-refractivity contribution in [3.05, 3.63) is 58.2 Å². The van der Waals surface area contributed by atoms with E-state index < -0.39 is 0 Å². The molecule has 1 aromatic carbocycles. The Hall–Kier alpha value is -2.45. The quantitative estimate of drug-likeness (QED) is 0.718. The third-order valence-corrected chi connectivity index (χ3v) is 5.74.